The first-order valence-corrected chi connectivity index (χ1v) is 5.05. The summed E-state index contributed by atoms with van der Waals surface area (Å²) in [5.41, 5.74) is 0. The first-order valence-electron chi connectivity index (χ1n) is 3.18. The van der Waals surface area contributed by atoms with Gasteiger partial charge < -0.3 is 4.74 Å². The number of ether oxygens (including phenoxy) is 1. The van der Waals surface area contributed by atoms with E-state index in [1.54, 1.807) is 6.20 Å². The summed E-state index contributed by atoms with van der Waals surface area (Å²) in [6, 6.07) is 1.91. The molecule has 0 unspecified atom stereocenters. The van der Waals surface area contributed by atoms with E-state index in [4.69, 9.17) is 4.74 Å². The van der Waals surface area contributed by atoms with Crippen molar-refractivity contribution in [3.63, 3.8) is 0 Å². The highest BCUT2D eigenvalue weighted by atomic mass is 127. The molecule has 0 aliphatic carbocycles. The lowest BCUT2D eigenvalue weighted by molar-refractivity contribution is 0.336. The van der Waals surface area contributed by atoms with Crippen LogP contribution in [0.5, 0.6) is 5.75 Å². The van der Waals surface area contributed by atoms with Crippen molar-refractivity contribution in [3.8, 4) is 5.75 Å². The zero-order valence-corrected chi connectivity index (χ0v) is 9.72. The molecule has 0 fully saturated rings. The molecule has 0 spiro atoms. The highest BCUT2D eigenvalue weighted by molar-refractivity contribution is 14.1. The summed E-state index contributed by atoms with van der Waals surface area (Å²) in [6.45, 7) is 2.63. The molecule has 60 valence electrons. The summed E-state index contributed by atoms with van der Waals surface area (Å²) in [5, 5.41) is 0. The maximum atomic E-state index is 5.32. The second kappa shape index (κ2) is 4.25. The Bertz CT molecular complexity index is 254. The Morgan fingerprint density at radius 3 is 3.09 bits per heavy atom. The molecule has 0 amide bonds. The SMILES string of the molecule is CCOc1cc(Br)cnc1I. The van der Waals surface area contributed by atoms with Crippen molar-refractivity contribution in [1.82, 2.24) is 4.98 Å². The van der Waals surface area contributed by atoms with Crippen molar-refractivity contribution >= 4 is 38.5 Å². The minimum atomic E-state index is 0.675. The molecule has 4 heteroatoms. The van der Waals surface area contributed by atoms with E-state index in [1.165, 1.54) is 0 Å². The van der Waals surface area contributed by atoms with Gasteiger partial charge in [0.2, 0.25) is 0 Å². The maximum absolute atomic E-state index is 5.32. The molecule has 1 aromatic rings. The molecule has 0 aliphatic heterocycles. The lowest BCUT2D eigenvalue weighted by Gasteiger charge is -2.03. The minimum Gasteiger partial charge on any atom is -0.491 e. The summed E-state index contributed by atoms with van der Waals surface area (Å²) in [4.78, 5) is 4.11. The second-order valence-electron chi connectivity index (χ2n) is 1.88. The van der Waals surface area contributed by atoms with Crippen LogP contribution in [0.3, 0.4) is 0 Å². The average molecular weight is 328 g/mol. The monoisotopic (exact) mass is 327 g/mol. The van der Waals surface area contributed by atoms with Gasteiger partial charge in [-0.15, -0.1) is 0 Å². The average Bonchev–Trinajstić information content (AvgIpc) is 1.98. The van der Waals surface area contributed by atoms with E-state index < -0.39 is 0 Å². The third-order valence-electron chi connectivity index (χ3n) is 1.07. The van der Waals surface area contributed by atoms with Gasteiger partial charge in [0.1, 0.15) is 3.70 Å². The molecule has 11 heavy (non-hydrogen) atoms. The van der Waals surface area contributed by atoms with E-state index in [0.717, 1.165) is 13.9 Å². The van der Waals surface area contributed by atoms with Crippen LogP contribution in [0.2, 0.25) is 0 Å². The Hall–Kier alpha value is 0.160. The molecule has 0 N–H and O–H groups in total. The minimum absolute atomic E-state index is 0.675. The molecule has 0 atom stereocenters. The molecule has 0 saturated carbocycles. The van der Waals surface area contributed by atoms with Crippen LogP contribution in [-0.2, 0) is 0 Å². The number of hydrogen-bond acceptors (Lipinski definition) is 2. The fraction of sp³-hybridized carbons (Fsp3) is 0.286. The van der Waals surface area contributed by atoms with Crippen LogP contribution in [0, 0.1) is 3.70 Å². The third kappa shape index (κ3) is 2.59. The van der Waals surface area contributed by atoms with Gasteiger partial charge in [-0.1, -0.05) is 0 Å². The summed E-state index contributed by atoms with van der Waals surface area (Å²) in [7, 11) is 0. The summed E-state index contributed by atoms with van der Waals surface area (Å²) >= 11 is 5.46. The molecule has 0 aromatic carbocycles. The number of hydrogen-bond donors (Lipinski definition) is 0. The van der Waals surface area contributed by atoms with Gasteiger partial charge in [-0.2, -0.15) is 0 Å². The smallest absolute Gasteiger partial charge is 0.152 e. The van der Waals surface area contributed by atoms with Crippen LogP contribution in [-0.4, -0.2) is 11.6 Å². The lowest BCUT2D eigenvalue weighted by Crippen LogP contribution is -1.95. The molecule has 1 rings (SSSR count). The predicted octanol–water partition coefficient (Wildman–Crippen LogP) is 2.85. The van der Waals surface area contributed by atoms with Gasteiger partial charge in [-0.3, -0.25) is 0 Å². The zero-order chi connectivity index (χ0) is 8.27. The Kier molecular flexibility index (Phi) is 3.58. The van der Waals surface area contributed by atoms with Gasteiger partial charge >= 0.3 is 0 Å². The van der Waals surface area contributed by atoms with E-state index in [9.17, 15) is 0 Å². The first kappa shape index (κ1) is 9.25. The number of nitrogens with zero attached hydrogens (tertiary/aromatic N) is 1. The van der Waals surface area contributed by atoms with Crippen molar-refractivity contribution in [3.05, 3.63) is 20.4 Å². The Morgan fingerprint density at radius 1 is 1.73 bits per heavy atom. The molecule has 1 aromatic heterocycles. The third-order valence-corrected chi connectivity index (χ3v) is 2.32. The largest absolute Gasteiger partial charge is 0.491 e. The maximum Gasteiger partial charge on any atom is 0.152 e. The molecule has 1 heterocycles. The van der Waals surface area contributed by atoms with E-state index in [-0.39, 0.29) is 0 Å². The summed E-state index contributed by atoms with van der Waals surface area (Å²) in [5.74, 6) is 0.836. The van der Waals surface area contributed by atoms with Crippen molar-refractivity contribution in [1.29, 1.82) is 0 Å². The summed E-state index contributed by atoms with van der Waals surface area (Å²) in [6.07, 6.45) is 1.75. The Morgan fingerprint density at radius 2 is 2.45 bits per heavy atom. The summed E-state index contributed by atoms with van der Waals surface area (Å²) < 4.78 is 7.16. The molecule has 0 aliphatic rings. The highest BCUT2D eigenvalue weighted by Gasteiger charge is 2.00. The van der Waals surface area contributed by atoms with E-state index >= 15 is 0 Å². The van der Waals surface area contributed by atoms with Gasteiger partial charge in [-0.25, -0.2) is 4.98 Å². The zero-order valence-electron chi connectivity index (χ0n) is 5.97. The second-order valence-corrected chi connectivity index (χ2v) is 3.81. The van der Waals surface area contributed by atoms with Crippen LogP contribution in [0.15, 0.2) is 16.7 Å². The molecule has 0 bridgehead atoms. The van der Waals surface area contributed by atoms with E-state index in [2.05, 4.69) is 43.5 Å². The van der Waals surface area contributed by atoms with Crippen LogP contribution in [0.1, 0.15) is 6.92 Å². The fourth-order valence-corrected chi connectivity index (χ4v) is 1.42. The molecule has 2 nitrogen and oxygen atoms in total. The predicted molar refractivity (Wildman–Crippen MR) is 55.8 cm³/mol. The topological polar surface area (TPSA) is 22.1 Å². The fourth-order valence-electron chi connectivity index (χ4n) is 0.661. The van der Waals surface area contributed by atoms with Crippen molar-refractivity contribution < 1.29 is 4.74 Å². The van der Waals surface area contributed by atoms with Crippen LogP contribution >= 0.6 is 38.5 Å². The van der Waals surface area contributed by atoms with Crippen LogP contribution < -0.4 is 4.74 Å². The lowest BCUT2D eigenvalue weighted by atomic mass is 10.5. The quantitative estimate of drug-likeness (QED) is 0.615. The van der Waals surface area contributed by atoms with Crippen molar-refractivity contribution in [2.45, 2.75) is 6.92 Å². The Balaban J connectivity index is 2.93. The van der Waals surface area contributed by atoms with Gasteiger partial charge in [0.15, 0.2) is 5.75 Å². The Labute approximate surface area is 87.6 Å². The molecule has 0 radical (unpaired) electrons. The highest BCUT2D eigenvalue weighted by Crippen LogP contribution is 2.22. The van der Waals surface area contributed by atoms with Gasteiger partial charge in [0.05, 0.1) is 6.61 Å². The van der Waals surface area contributed by atoms with Crippen LogP contribution in [0.25, 0.3) is 0 Å². The van der Waals surface area contributed by atoms with Gasteiger partial charge in [-0.05, 0) is 51.5 Å². The van der Waals surface area contributed by atoms with Crippen molar-refractivity contribution in [2.75, 3.05) is 6.61 Å². The van der Waals surface area contributed by atoms with Crippen LogP contribution in [0.4, 0.5) is 0 Å². The van der Waals surface area contributed by atoms with Crippen molar-refractivity contribution in [2.24, 2.45) is 0 Å². The molecule has 0 saturated heterocycles. The number of aromatic nitrogens is 1. The van der Waals surface area contributed by atoms with E-state index in [1.807, 2.05) is 13.0 Å². The molecular weight excluding hydrogens is 321 g/mol. The number of halogens is 2. The number of pyridine rings is 1. The normalized spacial score (nSPS) is 9.73. The van der Waals surface area contributed by atoms with Gasteiger partial charge in [0.25, 0.3) is 0 Å². The molecular formula is C7H7BrINO. The first-order chi connectivity index (χ1) is 5.24. The number of rotatable bonds is 2. The standard InChI is InChI=1S/C7H7BrINO/c1-2-11-6-3-5(8)4-10-7(6)9/h3-4H,2H2,1H3. The van der Waals surface area contributed by atoms with Gasteiger partial charge in [0, 0.05) is 10.7 Å². The van der Waals surface area contributed by atoms with E-state index in [0.29, 0.717) is 6.61 Å².